The summed E-state index contributed by atoms with van der Waals surface area (Å²) in [4.78, 5) is 2.43. The lowest BCUT2D eigenvalue weighted by atomic mass is 10.0. The lowest BCUT2D eigenvalue weighted by Gasteiger charge is -2.26. The van der Waals surface area contributed by atoms with E-state index < -0.39 is 0 Å². The highest BCUT2D eigenvalue weighted by molar-refractivity contribution is 5.54. The molecule has 0 aliphatic heterocycles. The second-order valence-corrected chi connectivity index (χ2v) is 5.38. The number of nitrogens with zero attached hydrogens (tertiary/aromatic N) is 1. The van der Waals surface area contributed by atoms with Crippen LogP contribution in [0.2, 0.25) is 0 Å². The van der Waals surface area contributed by atoms with Gasteiger partial charge in [0.1, 0.15) is 0 Å². The lowest BCUT2D eigenvalue weighted by Crippen LogP contribution is -2.24. The topological polar surface area (TPSA) is 29.3 Å². The predicted octanol–water partition coefficient (Wildman–Crippen LogP) is 4.30. The van der Waals surface area contributed by atoms with E-state index in [4.69, 9.17) is 5.73 Å². The van der Waals surface area contributed by atoms with Gasteiger partial charge in [0.05, 0.1) is 0 Å². The summed E-state index contributed by atoms with van der Waals surface area (Å²) in [6, 6.07) is 14.7. The van der Waals surface area contributed by atoms with Crippen LogP contribution in [0.15, 0.2) is 42.5 Å². The first kappa shape index (κ1) is 14.4. The number of hydrogen-bond donors (Lipinski definition) is 1. The van der Waals surface area contributed by atoms with Crippen molar-refractivity contribution in [3.63, 3.8) is 0 Å². The summed E-state index contributed by atoms with van der Waals surface area (Å²) in [6.45, 7) is 8.61. The Kier molecular flexibility index (Phi) is 4.67. The van der Waals surface area contributed by atoms with Crippen molar-refractivity contribution in [2.24, 2.45) is 0 Å². The molecule has 20 heavy (non-hydrogen) atoms. The maximum atomic E-state index is 5.78. The van der Waals surface area contributed by atoms with Crippen LogP contribution in [0.1, 0.15) is 30.0 Å². The molecule has 0 heterocycles. The molecule has 2 rings (SSSR count). The van der Waals surface area contributed by atoms with E-state index >= 15 is 0 Å². The van der Waals surface area contributed by atoms with E-state index in [1.54, 1.807) is 0 Å². The van der Waals surface area contributed by atoms with E-state index in [0.29, 0.717) is 0 Å². The van der Waals surface area contributed by atoms with E-state index in [9.17, 15) is 0 Å². The third-order valence-electron chi connectivity index (χ3n) is 3.75. The summed E-state index contributed by atoms with van der Waals surface area (Å²) in [5.41, 5.74) is 12.0. The number of nitrogens with two attached hydrogens (primary N) is 1. The van der Waals surface area contributed by atoms with Crippen molar-refractivity contribution in [2.45, 2.75) is 33.7 Å². The molecule has 0 radical (unpaired) electrons. The van der Waals surface area contributed by atoms with Crippen LogP contribution in [0, 0.1) is 13.8 Å². The summed E-state index contributed by atoms with van der Waals surface area (Å²) in [5, 5.41) is 0. The quantitative estimate of drug-likeness (QED) is 0.819. The predicted molar refractivity (Wildman–Crippen MR) is 88.1 cm³/mol. The number of hydrogen-bond acceptors (Lipinski definition) is 2. The molecule has 0 aromatic heterocycles. The highest BCUT2D eigenvalue weighted by atomic mass is 15.1. The molecule has 0 unspecified atom stereocenters. The van der Waals surface area contributed by atoms with Gasteiger partial charge in [-0.2, -0.15) is 0 Å². The Hall–Kier alpha value is -1.96. The van der Waals surface area contributed by atoms with Crippen LogP contribution in [-0.2, 0) is 6.54 Å². The Bertz CT molecular complexity index is 538. The molecule has 2 aromatic carbocycles. The minimum Gasteiger partial charge on any atom is -0.399 e. The monoisotopic (exact) mass is 268 g/mol. The van der Waals surface area contributed by atoms with E-state index in [0.717, 1.165) is 25.2 Å². The fourth-order valence-corrected chi connectivity index (χ4v) is 2.54. The molecule has 0 fully saturated rings. The molecule has 2 aromatic rings. The molecule has 0 aliphatic carbocycles. The third-order valence-corrected chi connectivity index (χ3v) is 3.75. The Labute approximate surface area is 122 Å². The SMILES string of the molecule is CCCN(Cc1c(C)cccc1C)c1ccc(N)cc1. The number of nitrogen functional groups attached to an aromatic ring is 1. The van der Waals surface area contributed by atoms with Crippen LogP contribution in [0.5, 0.6) is 0 Å². The van der Waals surface area contributed by atoms with Crippen molar-refractivity contribution >= 4 is 11.4 Å². The van der Waals surface area contributed by atoms with Crippen molar-refractivity contribution < 1.29 is 0 Å². The van der Waals surface area contributed by atoms with Crippen LogP contribution in [-0.4, -0.2) is 6.54 Å². The first-order valence-electron chi connectivity index (χ1n) is 7.27. The van der Waals surface area contributed by atoms with Gasteiger partial charge in [0.25, 0.3) is 0 Å². The molecule has 0 amide bonds. The van der Waals surface area contributed by atoms with Crippen LogP contribution >= 0.6 is 0 Å². The number of rotatable bonds is 5. The summed E-state index contributed by atoms with van der Waals surface area (Å²) < 4.78 is 0. The summed E-state index contributed by atoms with van der Waals surface area (Å²) in [5.74, 6) is 0. The van der Waals surface area contributed by atoms with Gasteiger partial charge >= 0.3 is 0 Å². The molecule has 106 valence electrons. The molecular weight excluding hydrogens is 244 g/mol. The van der Waals surface area contributed by atoms with Gasteiger partial charge in [-0.25, -0.2) is 0 Å². The zero-order valence-corrected chi connectivity index (χ0v) is 12.7. The van der Waals surface area contributed by atoms with Gasteiger partial charge < -0.3 is 10.6 Å². The van der Waals surface area contributed by atoms with Crippen molar-refractivity contribution in [1.29, 1.82) is 0 Å². The zero-order chi connectivity index (χ0) is 14.5. The van der Waals surface area contributed by atoms with Gasteiger partial charge in [0.2, 0.25) is 0 Å². The summed E-state index contributed by atoms with van der Waals surface area (Å²) >= 11 is 0. The first-order chi connectivity index (χ1) is 9.61. The normalized spacial score (nSPS) is 10.6. The van der Waals surface area contributed by atoms with Crippen molar-refractivity contribution in [3.8, 4) is 0 Å². The zero-order valence-electron chi connectivity index (χ0n) is 12.7. The minimum atomic E-state index is 0.817. The third kappa shape index (κ3) is 3.32. The molecule has 2 nitrogen and oxygen atoms in total. The fourth-order valence-electron chi connectivity index (χ4n) is 2.54. The fraction of sp³-hybridized carbons (Fsp3) is 0.333. The first-order valence-corrected chi connectivity index (χ1v) is 7.27. The minimum absolute atomic E-state index is 0.817. The van der Waals surface area contributed by atoms with Gasteiger partial charge in [0, 0.05) is 24.5 Å². The van der Waals surface area contributed by atoms with E-state index in [2.05, 4.69) is 56.0 Å². The van der Waals surface area contributed by atoms with Crippen LogP contribution in [0.4, 0.5) is 11.4 Å². The standard InChI is InChI=1S/C18H24N2/c1-4-12-20(17-10-8-16(19)9-11-17)13-18-14(2)6-5-7-15(18)3/h5-11H,4,12-13,19H2,1-3H3. The van der Waals surface area contributed by atoms with Gasteiger partial charge in [-0.1, -0.05) is 25.1 Å². The average molecular weight is 268 g/mol. The number of aryl methyl sites for hydroxylation is 2. The molecule has 0 saturated carbocycles. The van der Waals surface area contributed by atoms with Gasteiger partial charge in [0.15, 0.2) is 0 Å². The van der Waals surface area contributed by atoms with Crippen molar-refractivity contribution in [2.75, 3.05) is 17.2 Å². The number of anilines is 2. The molecule has 0 bridgehead atoms. The summed E-state index contributed by atoms with van der Waals surface area (Å²) in [6.07, 6.45) is 1.13. The van der Waals surface area contributed by atoms with Crippen LogP contribution < -0.4 is 10.6 Å². The van der Waals surface area contributed by atoms with E-state index in [1.165, 1.54) is 22.4 Å². The Morgan fingerprint density at radius 2 is 1.55 bits per heavy atom. The number of benzene rings is 2. The van der Waals surface area contributed by atoms with Crippen molar-refractivity contribution in [1.82, 2.24) is 0 Å². The smallest absolute Gasteiger partial charge is 0.0434 e. The average Bonchev–Trinajstić information content (AvgIpc) is 2.43. The Balaban J connectivity index is 2.28. The van der Waals surface area contributed by atoms with Gasteiger partial charge in [-0.05, 0) is 61.2 Å². The molecular formula is C18H24N2. The molecule has 0 saturated heterocycles. The second-order valence-electron chi connectivity index (χ2n) is 5.38. The molecule has 0 spiro atoms. The second kappa shape index (κ2) is 6.47. The Morgan fingerprint density at radius 3 is 2.10 bits per heavy atom. The maximum Gasteiger partial charge on any atom is 0.0434 e. The van der Waals surface area contributed by atoms with Crippen LogP contribution in [0.3, 0.4) is 0 Å². The van der Waals surface area contributed by atoms with E-state index in [1.807, 2.05) is 12.1 Å². The van der Waals surface area contributed by atoms with Gasteiger partial charge in [-0.3, -0.25) is 0 Å². The molecule has 2 heteroatoms. The summed E-state index contributed by atoms with van der Waals surface area (Å²) in [7, 11) is 0. The lowest BCUT2D eigenvalue weighted by molar-refractivity contribution is 0.762. The molecule has 2 N–H and O–H groups in total. The van der Waals surface area contributed by atoms with E-state index in [-0.39, 0.29) is 0 Å². The Morgan fingerprint density at radius 1 is 0.950 bits per heavy atom. The highest BCUT2D eigenvalue weighted by Crippen LogP contribution is 2.22. The molecule has 0 atom stereocenters. The van der Waals surface area contributed by atoms with Crippen molar-refractivity contribution in [3.05, 3.63) is 59.2 Å². The largest absolute Gasteiger partial charge is 0.399 e. The van der Waals surface area contributed by atoms with Crippen LogP contribution in [0.25, 0.3) is 0 Å². The van der Waals surface area contributed by atoms with Gasteiger partial charge in [-0.15, -0.1) is 0 Å². The molecule has 0 aliphatic rings. The highest BCUT2D eigenvalue weighted by Gasteiger charge is 2.10. The maximum absolute atomic E-state index is 5.78.